The zero-order valence-electron chi connectivity index (χ0n) is 20.2. The van der Waals surface area contributed by atoms with Gasteiger partial charge in [0.1, 0.15) is 24.4 Å². The lowest BCUT2D eigenvalue weighted by Crippen LogP contribution is -2.59. The Bertz CT molecular complexity index is 845. The van der Waals surface area contributed by atoms with E-state index < -0.39 is 43.3 Å². The molecule has 0 aromatic heterocycles. The summed E-state index contributed by atoms with van der Waals surface area (Å²) in [6, 6.07) is 0. The van der Waals surface area contributed by atoms with E-state index in [9.17, 15) is 25.2 Å². The topological polar surface area (TPSA) is 116 Å². The van der Waals surface area contributed by atoms with Gasteiger partial charge in [-0.3, -0.25) is 0 Å². The molecule has 0 aromatic carbocycles. The van der Waals surface area contributed by atoms with Crippen molar-refractivity contribution < 1.29 is 34.7 Å². The quantitative estimate of drug-likeness (QED) is 0.261. The normalized spacial score (nSPS) is 31.5. The van der Waals surface area contributed by atoms with E-state index in [1.165, 1.54) is 30.1 Å². The molecule has 1 saturated heterocycles. The second kappa shape index (κ2) is 11.9. The molecule has 1 fully saturated rings. The van der Waals surface area contributed by atoms with Crippen LogP contribution in [0.25, 0.3) is 0 Å². The highest BCUT2D eigenvalue weighted by Gasteiger charge is 2.45. The van der Waals surface area contributed by atoms with Gasteiger partial charge < -0.3 is 29.9 Å². The number of hydrogen-bond donors (Lipinski definition) is 4. The summed E-state index contributed by atoms with van der Waals surface area (Å²) in [5, 5.41) is 38.7. The Morgan fingerprint density at radius 3 is 2.45 bits per heavy atom. The maximum Gasteiger partial charge on any atom is 0.333 e. The van der Waals surface area contributed by atoms with Crippen molar-refractivity contribution in [1.82, 2.24) is 0 Å². The second-order valence-corrected chi connectivity index (χ2v) is 9.56. The van der Waals surface area contributed by atoms with Crippen LogP contribution in [0, 0.1) is 5.41 Å². The molecule has 184 valence electrons. The first-order chi connectivity index (χ1) is 15.5. The van der Waals surface area contributed by atoms with E-state index >= 15 is 0 Å². The first-order valence-electron chi connectivity index (χ1n) is 11.4. The van der Waals surface area contributed by atoms with Crippen LogP contribution < -0.4 is 0 Å². The Labute approximate surface area is 196 Å². The number of allylic oxidation sites excluding steroid dienone is 9. The molecule has 5 atom stereocenters. The van der Waals surface area contributed by atoms with Crippen molar-refractivity contribution in [3.63, 3.8) is 0 Å². The maximum absolute atomic E-state index is 12.2. The van der Waals surface area contributed by atoms with E-state index in [1.807, 2.05) is 19.1 Å². The van der Waals surface area contributed by atoms with Crippen LogP contribution in [0.4, 0.5) is 0 Å². The fraction of sp³-hybridized carbons (Fsp3) is 0.577. The lowest BCUT2D eigenvalue weighted by Gasteiger charge is -2.38. The summed E-state index contributed by atoms with van der Waals surface area (Å²) in [6.07, 6.45) is 7.29. The van der Waals surface area contributed by atoms with Gasteiger partial charge in [0.05, 0.1) is 6.61 Å². The molecular formula is C26H38O7. The lowest BCUT2D eigenvalue weighted by atomic mass is 9.72. The highest BCUT2D eigenvalue weighted by Crippen LogP contribution is 2.40. The van der Waals surface area contributed by atoms with Gasteiger partial charge in [0.15, 0.2) is 0 Å². The third kappa shape index (κ3) is 7.48. The number of ether oxygens (including phenoxy) is 2. The summed E-state index contributed by atoms with van der Waals surface area (Å²) in [5.74, 6) is -0.774. The first-order valence-corrected chi connectivity index (χ1v) is 11.4. The molecular weight excluding hydrogens is 424 g/mol. The van der Waals surface area contributed by atoms with E-state index in [4.69, 9.17) is 9.47 Å². The molecule has 0 bridgehead atoms. The van der Waals surface area contributed by atoms with Gasteiger partial charge in [-0.15, -0.1) is 0 Å². The monoisotopic (exact) mass is 462 g/mol. The van der Waals surface area contributed by atoms with E-state index in [1.54, 1.807) is 13.0 Å². The van der Waals surface area contributed by atoms with Crippen molar-refractivity contribution in [2.24, 2.45) is 5.41 Å². The van der Waals surface area contributed by atoms with Crippen LogP contribution in [0.15, 0.2) is 58.7 Å². The van der Waals surface area contributed by atoms with Crippen molar-refractivity contribution in [2.75, 3.05) is 6.61 Å². The van der Waals surface area contributed by atoms with Gasteiger partial charge in [-0.05, 0) is 56.6 Å². The van der Waals surface area contributed by atoms with E-state index in [-0.39, 0.29) is 5.41 Å². The molecule has 0 amide bonds. The average molecular weight is 463 g/mol. The highest BCUT2D eigenvalue weighted by molar-refractivity contribution is 5.83. The highest BCUT2D eigenvalue weighted by atomic mass is 16.7. The van der Waals surface area contributed by atoms with Gasteiger partial charge in [-0.25, -0.2) is 4.79 Å². The Kier molecular flexibility index (Phi) is 9.82. The van der Waals surface area contributed by atoms with Gasteiger partial charge in [0, 0.05) is 6.08 Å². The fourth-order valence-corrected chi connectivity index (χ4v) is 4.18. The minimum atomic E-state index is -1.62. The largest absolute Gasteiger partial charge is 0.430 e. The summed E-state index contributed by atoms with van der Waals surface area (Å²) >= 11 is 0. The zero-order valence-corrected chi connectivity index (χ0v) is 20.2. The Balaban J connectivity index is 1.96. The number of rotatable bonds is 7. The molecule has 1 aliphatic carbocycles. The average Bonchev–Trinajstić information content (AvgIpc) is 2.73. The molecule has 7 heteroatoms. The number of carbonyl (C=O) groups excluding carboxylic acids is 1. The van der Waals surface area contributed by atoms with Crippen LogP contribution >= 0.6 is 0 Å². The minimum absolute atomic E-state index is 0.190. The number of carbonyl (C=O) groups is 1. The molecule has 0 aromatic rings. The number of hydrogen-bond acceptors (Lipinski definition) is 7. The molecule has 2 aliphatic rings. The molecule has 4 N–H and O–H groups in total. The van der Waals surface area contributed by atoms with E-state index in [0.29, 0.717) is 5.57 Å². The smallest absolute Gasteiger partial charge is 0.333 e. The zero-order chi connectivity index (χ0) is 24.8. The third-order valence-electron chi connectivity index (χ3n) is 6.20. The minimum Gasteiger partial charge on any atom is -0.430 e. The summed E-state index contributed by atoms with van der Waals surface area (Å²) < 4.78 is 10.2. The van der Waals surface area contributed by atoms with Crippen LogP contribution in [0.3, 0.4) is 0 Å². The molecule has 0 radical (unpaired) electrons. The molecule has 33 heavy (non-hydrogen) atoms. The van der Waals surface area contributed by atoms with Crippen molar-refractivity contribution >= 4 is 5.97 Å². The van der Waals surface area contributed by atoms with Gasteiger partial charge in [0.25, 0.3) is 0 Å². The van der Waals surface area contributed by atoms with Crippen molar-refractivity contribution in [2.45, 2.75) is 84.6 Å². The standard InChI is InChI=1S/C26H38O7/c1-16(11-12-19-18(3)10-7-13-26(19,4)5)8-6-9-17(2)14-21(28)33-25-24(31)23(30)22(29)20(15-27)32-25/h6,8-9,11-12,14,20,22-25,27,29-31H,7,10,13,15H2,1-5H3/b9-6+,12-11+,16-8+,17-14+/t20-,22-,23+,24-,25+/m1/s1. The van der Waals surface area contributed by atoms with Crippen LogP contribution in [-0.2, 0) is 14.3 Å². The Hall–Kier alpha value is -2.03. The Morgan fingerprint density at radius 1 is 1.12 bits per heavy atom. The third-order valence-corrected chi connectivity index (χ3v) is 6.20. The van der Waals surface area contributed by atoms with Gasteiger partial charge >= 0.3 is 5.97 Å². The molecule has 1 aliphatic heterocycles. The summed E-state index contributed by atoms with van der Waals surface area (Å²) in [6.45, 7) is 9.92. The molecule has 1 heterocycles. The maximum atomic E-state index is 12.2. The molecule has 0 unspecified atom stereocenters. The summed E-state index contributed by atoms with van der Waals surface area (Å²) in [7, 11) is 0. The van der Waals surface area contributed by atoms with Crippen LogP contribution in [0.5, 0.6) is 0 Å². The van der Waals surface area contributed by atoms with Crippen LogP contribution in [0.1, 0.15) is 53.9 Å². The summed E-state index contributed by atoms with van der Waals surface area (Å²) in [5.41, 5.74) is 4.73. The number of aliphatic hydroxyl groups is 4. The summed E-state index contributed by atoms with van der Waals surface area (Å²) in [4.78, 5) is 12.2. The van der Waals surface area contributed by atoms with E-state index in [2.05, 4.69) is 32.9 Å². The number of aliphatic hydroxyl groups excluding tert-OH is 4. The van der Waals surface area contributed by atoms with Gasteiger partial charge in [-0.2, -0.15) is 0 Å². The van der Waals surface area contributed by atoms with Crippen molar-refractivity contribution in [3.05, 3.63) is 58.7 Å². The SMILES string of the molecule is CC1=C(/C=C/C(C)=C/C=C/C(C)=C/C(=O)O[C@@H]2O[C@H](CO)[C@@H](O)[C@H](O)[C@H]2O)C(C)(C)CCC1. The van der Waals surface area contributed by atoms with Crippen molar-refractivity contribution in [3.8, 4) is 0 Å². The first kappa shape index (κ1) is 27.2. The molecule has 0 spiro atoms. The fourth-order valence-electron chi connectivity index (χ4n) is 4.18. The van der Waals surface area contributed by atoms with Gasteiger partial charge in [0.2, 0.25) is 6.29 Å². The number of esters is 1. The van der Waals surface area contributed by atoms with Gasteiger partial charge in [-0.1, -0.05) is 55.4 Å². The Morgan fingerprint density at radius 2 is 1.82 bits per heavy atom. The van der Waals surface area contributed by atoms with E-state index in [0.717, 1.165) is 12.0 Å². The lowest BCUT2D eigenvalue weighted by molar-refractivity contribution is -0.291. The molecule has 7 nitrogen and oxygen atoms in total. The predicted molar refractivity (Wildman–Crippen MR) is 126 cm³/mol. The molecule has 2 rings (SSSR count). The van der Waals surface area contributed by atoms with Crippen LogP contribution in [0.2, 0.25) is 0 Å². The molecule has 0 saturated carbocycles. The van der Waals surface area contributed by atoms with Crippen molar-refractivity contribution in [1.29, 1.82) is 0 Å². The second-order valence-electron chi connectivity index (χ2n) is 9.56. The van der Waals surface area contributed by atoms with Crippen LogP contribution in [-0.4, -0.2) is 63.7 Å². The predicted octanol–water partition coefficient (Wildman–Crippen LogP) is 2.86.